The molecule has 0 N–H and O–H groups in total. The van der Waals surface area contributed by atoms with Crippen molar-refractivity contribution >= 4 is 0 Å². The van der Waals surface area contributed by atoms with E-state index in [9.17, 15) is 0 Å². The van der Waals surface area contributed by atoms with Crippen LogP contribution in [0.2, 0.25) is 0 Å². The lowest BCUT2D eigenvalue weighted by atomic mass is 10.3. The first-order chi connectivity index (χ1) is 4.43. The van der Waals surface area contributed by atoms with Gasteiger partial charge in [-0.05, 0) is 38.9 Å². The van der Waals surface area contributed by atoms with E-state index in [1.54, 1.807) is 0 Å². The average Bonchev–Trinajstić information content (AvgIpc) is 2.34. The predicted octanol–water partition coefficient (Wildman–Crippen LogP) is 2.52. The molecule has 1 saturated heterocycles. The molecule has 0 aromatic heterocycles. The molecule has 0 unspecified atom stereocenters. The lowest BCUT2D eigenvalue weighted by Crippen LogP contribution is -2.19. The van der Waals surface area contributed by atoms with Gasteiger partial charge in [-0.3, -0.25) is 0 Å². The Labute approximate surface area is 65.4 Å². The van der Waals surface area contributed by atoms with Crippen molar-refractivity contribution in [1.29, 1.82) is 0 Å². The zero-order valence-corrected chi connectivity index (χ0v) is 6.40. The van der Waals surface area contributed by atoms with Gasteiger partial charge in [0.25, 0.3) is 0 Å². The van der Waals surface area contributed by atoms with E-state index in [0.29, 0.717) is 0 Å². The van der Waals surface area contributed by atoms with Crippen LogP contribution in [0.15, 0.2) is 0 Å². The normalized spacial score (nSPS) is 18.9. The van der Waals surface area contributed by atoms with Gasteiger partial charge in [0.2, 0.25) is 0 Å². The Balaban J connectivity index is 0.000000810. The first-order valence-corrected chi connectivity index (χ1v) is 4.16. The first-order valence-electron chi connectivity index (χ1n) is 4.16. The van der Waals surface area contributed by atoms with Crippen LogP contribution in [0, 0.1) is 0 Å². The summed E-state index contributed by atoms with van der Waals surface area (Å²) in [4.78, 5) is 2.57. The van der Waals surface area contributed by atoms with Gasteiger partial charge in [0.1, 0.15) is 0 Å². The van der Waals surface area contributed by atoms with Gasteiger partial charge >= 0.3 is 0 Å². The van der Waals surface area contributed by atoms with Gasteiger partial charge < -0.3 is 4.90 Å². The molecule has 1 aliphatic rings. The Morgan fingerprint density at radius 3 is 2.30 bits per heavy atom. The number of hydrogen-bond donors (Lipinski definition) is 0. The molecule has 0 aromatic carbocycles. The molecule has 1 nitrogen and oxygen atoms in total. The fourth-order valence-corrected chi connectivity index (χ4v) is 1.39. The van der Waals surface area contributed by atoms with Crippen LogP contribution >= 0.6 is 0 Å². The fourth-order valence-electron chi connectivity index (χ4n) is 1.39. The molecule has 0 radical (unpaired) electrons. The Bertz CT molecular complexity index is 65.1. The van der Waals surface area contributed by atoms with Crippen molar-refractivity contribution in [1.82, 2.24) is 4.90 Å². The third kappa shape index (κ3) is 3.21. The maximum atomic E-state index is 2.57. The van der Waals surface area contributed by atoms with Crippen molar-refractivity contribution in [2.24, 2.45) is 0 Å². The fraction of sp³-hybridized carbons (Fsp3) is 1.00. The third-order valence-corrected chi connectivity index (χ3v) is 2.03. The highest BCUT2D eigenvalue weighted by Gasteiger charge is 2.08. The summed E-state index contributed by atoms with van der Waals surface area (Å²) in [6.07, 6.45) is 5.60. The van der Waals surface area contributed by atoms with E-state index in [4.69, 9.17) is 0 Å². The molecular formula is C9H21N. The zero-order valence-electron chi connectivity index (χ0n) is 6.40. The van der Waals surface area contributed by atoms with Crippen LogP contribution in [0.4, 0.5) is 0 Å². The number of nitrogens with zero attached hydrogens (tertiary/aromatic N) is 1. The topological polar surface area (TPSA) is 3.24 Å². The molecule has 10 heavy (non-hydrogen) atoms. The number of unbranched alkanes of at least 4 members (excludes halogenated alkanes) is 1. The quantitative estimate of drug-likeness (QED) is 0.587. The minimum absolute atomic E-state index is 0. The SMILES string of the molecule is C.CCCCN1CCCC1. The molecule has 1 heteroatoms. The predicted molar refractivity (Wildman–Crippen MR) is 47.3 cm³/mol. The van der Waals surface area contributed by atoms with Crippen molar-refractivity contribution < 1.29 is 0 Å². The smallest absolute Gasteiger partial charge is 0.00183 e. The highest BCUT2D eigenvalue weighted by molar-refractivity contribution is 4.64. The number of likely N-dealkylation sites (tertiary alicyclic amines) is 1. The van der Waals surface area contributed by atoms with Gasteiger partial charge in [0, 0.05) is 0 Å². The van der Waals surface area contributed by atoms with Crippen LogP contribution in [0.3, 0.4) is 0 Å². The van der Waals surface area contributed by atoms with Crippen LogP contribution in [0.25, 0.3) is 0 Å². The van der Waals surface area contributed by atoms with Crippen molar-refractivity contribution in [2.75, 3.05) is 19.6 Å². The minimum Gasteiger partial charge on any atom is -0.303 e. The highest BCUT2D eigenvalue weighted by Crippen LogP contribution is 2.07. The van der Waals surface area contributed by atoms with Crippen LogP contribution in [-0.2, 0) is 0 Å². The van der Waals surface area contributed by atoms with Gasteiger partial charge in [0.15, 0.2) is 0 Å². The summed E-state index contributed by atoms with van der Waals surface area (Å²) in [6.45, 7) is 6.33. The largest absolute Gasteiger partial charge is 0.303 e. The van der Waals surface area contributed by atoms with Gasteiger partial charge in [-0.2, -0.15) is 0 Å². The lowest BCUT2D eigenvalue weighted by molar-refractivity contribution is 0.332. The van der Waals surface area contributed by atoms with Crippen LogP contribution in [-0.4, -0.2) is 24.5 Å². The molecule has 0 atom stereocenters. The molecule has 0 saturated carbocycles. The molecule has 62 valence electrons. The molecule has 0 amide bonds. The summed E-state index contributed by atoms with van der Waals surface area (Å²) in [5.41, 5.74) is 0. The second-order valence-electron chi connectivity index (χ2n) is 2.90. The van der Waals surface area contributed by atoms with Gasteiger partial charge in [-0.25, -0.2) is 0 Å². The third-order valence-electron chi connectivity index (χ3n) is 2.03. The van der Waals surface area contributed by atoms with E-state index in [1.165, 1.54) is 45.3 Å². The minimum atomic E-state index is 0. The van der Waals surface area contributed by atoms with E-state index < -0.39 is 0 Å². The number of hydrogen-bond acceptors (Lipinski definition) is 1. The molecular weight excluding hydrogens is 122 g/mol. The molecule has 1 fully saturated rings. The maximum absolute atomic E-state index is 2.57. The molecule has 0 aliphatic carbocycles. The molecule has 0 aromatic rings. The van der Waals surface area contributed by atoms with Crippen molar-refractivity contribution in [3.8, 4) is 0 Å². The van der Waals surface area contributed by atoms with Crippen molar-refractivity contribution in [2.45, 2.75) is 40.0 Å². The van der Waals surface area contributed by atoms with Crippen molar-refractivity contribution in [3.63, 3.8) is 0 Å². The first kappa shape index (κ1) is 9.96. The van der Waals surface area contributed by atoms with Crippen LogP contribution in [0.5, 0.6) is 0 Å². The second-order valence-corrected chi connectivity index (χ2v) is 2.90. The summed E-state index contributed by atoms with van der Waals surface area (Å²) in [5, 5.41) is 0. The van der Waals surface area contributed by atoms with Crippen LogP contribution in [0.1, 0.15) is 40.0 Å². The van der Waals surface area contributed by atoms with Gasteiger partial charge in [-0.1, -0.05) is 20.8 Å². The van der Waals surface area contributed by atoms with Gasteiger partial charge in [0.05, 0.1) is 0 Å². The Morgan fingerprint density at radius 2 is 1.80 bits per heavy atom. The van der Waals surface area contributed by atoms with E-state index in [1.807, 2.05) is 0 Å². The standard InChI is InChI=1S/C8H17N.CH4/c1-2-3-6-9-7-4-5-8-9;/h2-8H2,1H3;1H4. The molecule has 1 aliphatic heterocycles. The highest BCUT2D eigenvalue weighted by atomic mass is 15.1. The van der Waals surface area contributed by atoms with E-state index in [-0.39, 0.29) is 7.43 Å². The molecule has 0 bridgehead atoms. The van der Waals surface area contributed by atoms with E-state index >= 15 is 0 Å². The van der Waals surface area contributed by atoms with E-state index in [0.717, 1.165) is 0 Å². The Morgan fingerprint density at radius 1 is 1.20 bits per heavy atom. The van der Waals surface area contributed by atoms with Gasteiger partial charge in [-0.15, -0.1) is 0 Å². The average molecular weight is 143 g/mol. The monoisotopic (exact) mass is 143 g/mol. The van der Waals surface area contributed by atoms with E-state index in [2.05, 4.69) is 11.8 Å². The second kappa shape index (κ2) is 5.72. The lowest BCUT2D eigenvalue weighted by Gasteiger charge is -2.12. The maximum Gasteiger partial charge on any atom is -0.00183 e. The summed E-state index contributed by atoms with van der Waals surface area (Å²) < 4.78 is 0. The molecule has 1 rings (SSSR count). The Kier molecular flexibility index (Phi) is 5.70. The summed E-state index contributed by atoms with van der Waals surface area (Å²) in [7, 11) is 0. The van der Waals surface area contributed by atoms with Crippen LogP contribution < -0.4 is 0 Å². The zero-order chi connectivity index (χ0) is 6.53. The summed E-state index contributed by atoms with van der Waals surface area (Å²) in [6, 6.07) is 0. The molecule has 0 spiro atoms. The summed E-state index contributed by atoms with van der Waals surface area (Å²) >= 11 is 0. The molecule has 1 heterocycles. The Hall–Kier alpha value is -0.0400. The summed E-state index contributed by atoms with van der Waals surface area (Å²) in [5.74, 6) is 0. The number of rotatable bonds is 3. The van der Waals surface area contributed by atoms with Crippen molar-refractivity contribution in [3.05, 3.63) is 0 Å².